The Morgan fingerprint density at radius 1 is 1.11 bits per heavy atom. The molecule has 3 aromatic rings. The molecule has 1 aromatic heterocycles. The molecule has 0 aliphatic heterocycles. The molecule has 1 heterocycles. The molecule has 1 N–H and O–H groups in total. The average Bonchev–Trinajstić information content (AvgIpc) is 3.14. The van der Waals surface area contributed by atoms with Crippen molar-refractivity contribution in [2.45, 2.75) is 24.4 Å². The first-order valence-electron chi connectivity index (χ1n) is 8.37. The summed E-state index contributed by atoms with van der Waals surface area (Å²) in [7, 11) is -1.58. The van der Waals surface area contributed by atoms with Gasteiger partial charge in [-0.3, -0.25) is 0 Å². The van der Waals surface area contributed by atoms with Crippen LogP contribution in [0.5, 0.6) is 5.75 Å². The topological polar surface area (TPSA) is 94.3 Å². The number of hydrogen-bond donors (Lipinski definition) is 1. The fourth-order valence-electron chi connectivity index (χ4n) is 2.55. The summed E-state index contributed by atoms with van der Waals surface area (Å²) in [6.07, 6.45) is 1.19. The summed E-state index contributed by atoms with van der Waals surface area (Å²) in [5.74, 6) is 1.75. The van der Waals surface area contributed by atoms with E-state index in [0.29, 0.717) is 23.2 Å². The molecule has 0 fully saturated rings. The second-order valence-corrected chi connectivity index (χ2v) is 8.20. The molecule has 0 radical (unpaired) electrons. The molecule has 8 heteroatoms. The molecule has 3 rings (SSSR count). The lowest BCUT2D eigenvalue weighted by molar-refractivity contribution is 0.360. The predicted octanol–water partition coefficient (Wildman–Crippen LogP) is 3.00. The van der Waals surface area contributed by atoms with E-state index in [1.165, 1.54) is 6.26 Å². The molecule has 7 nitrogen and oxygen atoms in total. The minimum atomic E-state index is -3.19. The Kier molecular flexibility index (Phi) is 5.57. The zero-order valence-corrected chi connectivity index (χ0v) is 16.2. The van der Waals surface area contributed by atoms with Crippen LogP contribution in [0.15, 0.2) is 57.9 Å². The van der Waals surface area contributed by atoms with Gasteiger partial charge in [-0.2, -0.15) is 4.98 Å². The van der Waals surface area contributed by atoms with Gasteiger partial charge in [0.25, 0.3) is 0 Å². The summed E-state index contributed by atoms with van der Waals surface area (Å²) in [6, 6.07) is 14.2. The van der Waals surface area contributed by atoms with Gasteiger partial charge in [-0.1, -0.05) is 17.3 Å². The van der Waals surface area contributed by atoms with Crippen LogP contribution < -0.4 is 10.1 Å². The van der Waals surface area contributed by atoms with E-state index < -0.39 is 9.84 Å². The molecule has 0 aliphatic carbocycles. The molecule has 0 spiro atoms. The third-order valence-corrected chi connectivity index (χ3v) is 5.31. The van der Waals surface area contributed by atoms with Gasteiger partial charge in [0.1, 0.15) is 5.75 Å². The van der Waals surface area contributed by atoms with Gasteiger partial charge in [0.2, 0.25) is 11.7 Å². The number of nitrogens with one attached hydrogen (secondary N) is 1. The third-order valence-electron chi connectivity index (χ3n) is 4.18. The summed E-state index contributed by atoms with van der Waals surface area (Å²) in [5.41, 5.74) is 1.81. The Balaban J connectivity index is 1.62. The first kappa shape index (κ1) is 19.1. The van der Waals surface area contributed by atoms with Crippen LogP contribution in [-0.4, -0.2) is 31.9 Å². The van der Waals surface area contributed by atoms with Gasteiger partial charge in [0, 0.05) is 17.9 Å². The number of rotatable bonds is 7. The Morgan fingerprint density at radius 3 is 2.37 bits per heavy atom. The monoisotopic (exact) mass is 387 g/mol. The van der Waals surface area contributed by atoms with Crippen LogP contribution in [0.25, 0.3) is 11.4 Å². The van der Waals surface area contributed by atoms with Crippen molar-refractivity contribution in [1.82, 2.24) is 15.5 Å². The predicted molar refractivity (Wildman–Crippen MR) is 101 cm³/mol. The minimum Gasteiger partial charge on any atom is -0.497 e. The van der Waals surface area contributed by atoms with Gasteiger partial charge in [0.15, 0.2) is 9.84 Å². The summed E-state index contributed by atoms with van der Waals surface area (Å²) < 4.78 is 33.5. The standard InChI is InChI=1S/C19H21N3O4S/c1-13(14-6-10-17(11-7-14)27(3,23)24)20-12-18-21-19(22-26-18)15-4-8-16(25-2)9-5-15/h4-11,13,20H,12H2,1-3H3/t13-/m1/s1. The number of hydrogen-bond acceptors (Lipinski definition) is 7. The summed E-state index contributed by atoms with van der Waals surface area (Å²) in [4.78, 5) is 4.69. The van der Waals surface area contributed by atoms with Gasteiger partial charge in [-0.15, -0.1) is 0 Å². The van der Waals surface area contributed by atoms with E-state index in [9.17, 15) is 8.42 Å². The maximum Gasteiger partial charge on any atom is 0.240 e. The van der Waals surface area contributed by atoms with Crippen molar-refractivity contribution in [2.24, 2.45) is 0 Å². The fraction of sp³-hybridized carbons (Fsp3) is 0.263. The number of ether oxygens (including phenoxy) is 1. The molecule has 0 unspecified atom stereocenters. The lowest BCUT2D eigenvalue weighted by Crippen LogP contribution is -2.18. The lowest BCUT2D eigenvalue weighted by atomic mass is 10.1. The van der Waals surface area contributed by atoms with Crippen molar-refractivity contribution >= 4 is 9.84 Å². The van der Waals surface area contributed by atoms with Gasteiger partial charge < -0.3 is 14.6 Å². The van der Waals surface area contributed by atoms with Crippen molar-refractivity contribution in [3.05, 3.63) is 60.0 Å². The molecule has 0 aliphatic rings. The molecule has 1 atom stereocenters. The highest BCUT2D eigenvalue weighted by molar-refractivity contribution is 7.90. The number of benzene rings is 2. The van der Waals surface area contributed by atoms with Crippen molar-refractivity contribution in [3.8, 4) is 17.1 Å². The molecule has 2 aromatic carbocycles. The number of aromatic nitrogens is 2. The zero-order chi connectivity index (χ0) is 19.4. The molecule has 27 heavy (non-hydrogen) atoms. The second-order valence-electron chi connectivity index (χ2n) is 6.18. The first-order valence-corrected chi connectivity index (χ1v) is 10.3. The zero-order valence-electron chi connectivity index (χ0n) is 15.3. The molecule has 142 valence electrons. The van der Waals surface area contributed by atoms with E-state index in [-0.39, 0.29) is 6.04 Å². The second kappa shape index (κ2) is 7.89. The van der Waals surface area contributed by atoms with Crippen LogP contribution in [-0.2, 0) is 16.4 Å². The molecule has 0 saturated heterocycles. The Hall–Kier alpha value is -2.71. The molecule has 0 bridgehead atoms. The quantitative estimate of drug-likeness (QED) is 0.666. The summed E-state index contributed by atoms with van der Waals surface area (Å²) >= 11 is 0. The van der Waals surface area contributed by atoms with E-state index in [2.05, 4.69) is 15.5 Å². The lowest BCUT2D eigenvalue weighted by Gasteiger charge is -2.13. The van der Waals surface area contributed by atoms with Crippen LogP contribution in [0.4, 0.5) is 0 Å². The summed E-state index contributed by atoms with van der Waals surface area (Å²) in [6.45, 7) is 2.38. The van der Waals surface area contributed by atoms with Gasteiger partial charge in [-0.05, 0) is 48.9 Å². The van der Waals surface area contributed by atoms with Gasteiger partial charge in [-0.25, -0.2) is 8.42 Å². The van der Waals surface area contributed by atoms with Crippen molar-refractivity contribution in [1.29, 1.82) is 0 Å². The van der Waals surface area contributed by atoms with Gasteiger partial charge in [0.05, 0.1) is 18.6 Å². The summed E-state index contributed by atoms with van der Waals surface area (Å²) in [5, 5.41) is 7.29. The van der Waals surface area contributed by atoms with Crippen LogP contribution in [0.2, 0.25) is 0 Å². The van der Waals surface area contributed by atoms with Gasteiger partial charge >= 0.3 is 0 Å². The van der Waals surface area contributed by atoms with Crippen molar-refractivity contribution < 1.29 is 17.7 Å². The normalized spacial score (nSPS) is 12.7. The molecular weight excluding hydrogens is 366 g/mol. The average molecular weight is 387 g/mol. The third kappa shape index (κ3) is 4.72. The maximum atomic E-state index is 11.5. The smallest absolute Gasteiger partial charge is 0.240 e. The molecule has 0 amide bonds. The van der Waals surface area contributed by atoms with Crippen molar-refractivity contribution in [2.75, 3.05) is 13.4 Å². The number of methoxy groups -OCH3 is 1. The van der Waals surface area contributed by atoms with E-state index in [4.69, 9.17) is 9.26 Å². The van der Waals surface area contributed by atoms with E-state index in [1.807, 2.05) is 31.2 Å². The van der Waals surface area contributed by atoms with Crippen LogP contribution in [0.1, 0.15) is 24.4 Å². The minimum absolute atomic E-state index is 0.00468. The molecule has 0 saturated carbocycles. The Morgan fingerprint density at radius 2 is 1.78 bits per heavy atom. The molecular formula is C19H21N3O4S. The fourth-order valence-corrected chi connectivity index (χ4v) is 3.18. The highest BCUT2D eigenvalue weighted by Gasteiger charge is 2.12. The largest absolute Gasteiger partial charge is 0.497 e. The highest BCUT2D eigenvalue weighted by Crippen LogP contribution is 2.20. The number of sulfone groups is 1. The Bertz CT molecular complexity index is 996. The van der Waals surface area contributed by atoms with Crippen LogP contribution in [0, 0.1) is 0 Å². The van der Waals surface area contributed by atoms with E-state index in [1.54, 1.807) is 31.4 Å². The van der Waals surface area contributed by atoms with E-state index >= 15 is 0 Å². The highest BCUT2D eigenvalue weighted by atomic mass is 32.2. The first-order chi connectivity index (χ1) is 12.9. The van der Waals surface area contributed by atoms with Crippen LogP contribution >= 0.6 is 0 Å². The van der Waals surface area contributed by atoms with E-state index in [0.717, 1.165) is 16.9 Å². The maximum absolute atomic E-state index is 11.5. The Labute approximate surface area is 158 Å². The van der Waals surface area contributed by atoms with Crippen molar-refractivity contribution in [3.63, 3.8) is 0 Å². The number of nitrogens with zero attached hydrogens (tertiary/aromatic N) is 2. The SMILES string of the molecule is COc1ccc(-c2noc(CN[C@H](C)c3ccc(S(C)(=O)=O)cc3)n2)cc1. The van der Waals surface area contributed by atoms with Crippen LogP contribution in [0.3, 0.4) is 0 Å².